The van der Waals surface area contributed by atoms with Crippen molar-refractivity contribution >= 4 is 11.7 Å². The van der Waals surface area contributed by atoms with Crippen LogP contribution < -0.4 is 14.8 Å². The first kappa shape index (κ1) is 19.8. The third-order valence-corrected chi connectivity index (χ3v) is 4.42. The Morgan fingerprint density at radius 1 is 1.14 bits per heavy atom. The van der Waals surface area contributed by atoms with Crippen LogP contribution in [0.4, 0.5) is 23.7 Å². The molecule has 0 radical (unpaired) electrons. The Balaban J connectivity index is 1.59. The van der Waals surface area contributed by atoms with Crippen molar-refractivity contribution in [3.05, 3.63) is 30.0 Å². The molecule has 2 amide bonds. The van der Waals surface area contributed by atoms with Gasteiger partial charge in [-0.25, -0.2) is 4.79 Å². The maximum absolute atomic E-state index is 12.6. The van der Waals surface area contributed by atoms with Crippen LogP contribution in [-0.4, -0.2) is 48.4 Å². The molecule has 2 aromatic rings. The van der Waals surface area contributed by atoms with Gasteiger partial charge in [0.1, 0.15) is 11.5 Å². The van der Waals surface area contributed by atoms with Gasteiger partial charge in [-0.1, -0.05) is 0 Å². The molecule has 1 N–H and O–H groups in total. The van der Waals surface area contributed by atoms with Gasteiger partial charge in [-0.15, -0.1) is 10.2 Å². The van der Waals surface area contributed by atoms with E-state index in [1.54, 1.807) is 23.1 Å². The number of methoxy groups -OCH3 is 2. The quantitative estimate of drug-likeness (QED) is 0.845. The summed E-state index contributed by atoms with van der Waals surface area (Å²) in [6.07, 6.45) is -3.81. The Bertz CT molecular complexity index is 810. The van der Waals surface area contributed by atoms with Crippen molar-refractivity contribution in [2.24, 2.45) is 0 Å². The van der Waals surface area contributed by atoms with Crippen LogP contribution in [0.2, 0.25) is 0 Å². The second-order valence-electron chi connectivity index (χ2n) is 6.24. The molecule has 1 saturated heterocycles. The van der Waals surface area contributed by atoms with Gasteiger partial charge in [-0.2, -0.15) is 13.2 Å². The highest BCUT2D eigenvalue weighted by atomic mass is 19.4. The number of nitrogens with one attached hydrogen (secondary N) is 1. The number of hydrogen-bond donors (Lipinski definition) is 1. The summed E-state index contributed by atoms with van der Waals surface area (Å²) >= 11 is 0. The number of piperidine rings is 1. The third kappa shape index (κ3) is 4.46. The predicted octanol–water partition coefficient (Wildman–Crippen LogP) is 3.52. The Morgan fingerprint density at radius 3 is 2.25 bits per heavy atom. The van der Waals surface area contributed by atoms with Crippen molar-refractivity contribution < 1.29 is 31.9 Å². The highest BCUT2D eigenvalue weighted by Crippen LogP contribution is 2.33. The van der Waals surface area contributed by atoms with Crippen LogP contribution in [0.25, 0.3) is 0 Å². The first-order chi connectivity index (χ1) is 13.3. The van der Waals surface area contributed by atoms with Crippen LogP contribution in [-0.2, 0) is 6.18 Å². The van der Waals surface area contributed by atoms with E-state index in [0.717, 1.165) is 0 Å². The number of benzene rings is 1. The number of carbonyl (C=O) groups excluding carboxylic acids is 1. The minimum Gasteiger partial charge on any atom is -0.497 e. The lowest BCUT2D eigenvalue weighted by molar-refractivity contribution is -0.157. The summed E-state index contributed by atoms with van der Waals surface area (Å²) < 4.78 is 52.8. The maximum Gasteiger partial charge on any atom is 0.470 e. The second kappa shape index (κ2) is 7.95. The van der Waals surface area contributed by atoms with Crippen LogP contribution in [0.1, 0.15) is 30.5 Å². The smallest absolute Gasteiger partial charge is 0.470 e. The van der Waals surface area contributed by atoms with Crippen LogP contribution in [0.5, 0.6) is 11.5 Å². The van der Waals surface area contributed by atoms with Crippen molar-refractivity contribution in [1.29, 1.82) is 0 Å². The maximum atomic E-state index is 12.6. The number of urea groups is 1. The van der Waals surface area contributed by atoms with E-state index in [9.17, 15) is 18.0 Å². The molecular weight excluding hydrogens is 381 g/mol. The van der Waals surface area contributed by atoms with Crippen molar-refractivity contribution in [1.82, 2.24) is 15.1 Å². The Kier molecular flexibility index (Phi) is 5.61. The lowest BCUT2D eigenvalue weighted by Crippen LogP contribution is -2.40. The molecule has 1 aliphatic rings. The molecule has 11 heteroatoms. The zero-order chi connectivity index (χ0) is 20.3. The van der Waals surface area contributed by atoms with Gasteiger partial charge in [0.2, 0.25) is 5.89 Å². The summed E-state index contributed by atoms with van der Waals surface area (Å²) in [5, 5.41) is 9.31. The zero-order valence-corrected chi connectivity index (χ0v) is 15.2. The third-order valence-electron chi connectivity index (χ3n) is 4.42. The number of rotatable bonds is 4. The average molecular weight is 400 g/mol. The number of ether oxygens (including phenoxy) is 2. The Labute approximate surface area is 158 Å². The lowest BCUT2D eigenvalue weighted by atomic mass is 9.97. The van der Waals surface area contributed by atoms with E-state index in [0.29, 0.717) is 43.1 Å². The molecule has 2 heterocycles. The number of hydrogen-bond acceptors (Lipinski definition) is 6. The van der Waals surface area contributed by atoms with E-state index in [-0.39, 0.29) is 17.8 Å². The predicted molar refractivity (Wildman–Crippen MR) is 91.4 cm³/mol. The van der Waals surface area contributed by atoms with E-state index in [2.05, 4.69) is 15.5 Å². The summed E-state index contributed by atoms with van der Waals surface area (Å²) in [6.45, 7) is 0.697. The van der Waals surface area contributed by atoms with Gasteiger partial charge >= 0.3 is 18.1 Å². The zero-order valence-electron chi connectivity index (χ0n) is 15.2. The number of carbonyl (C=O) groups is 1. The number of aromatic nitrogens is 2. The molecular formula is C17H19F3N4O4. The van der Waals surface area contributed by atoms with Crippen LogP contribution in [0.15, 0.2) is 22.6 Å². The molecule has 8 nitrogen and oxygen atoms in total. The van der Waals surface area contributed by atoms with E-state index < -0.39 is 12.1 Å². The fourth-order valence-corrected chi connectivity index (χ4v) is 2.93. The number of alkyl halides is 3. The van der Waals surface area contributed by atoms with Crippen LogP contribution in [0.3, 0.4) is 0 Å². The van der Waals surface area contributed by atoms with Crippen LogP contribution >= 0.6 is 0 Å². The lowest BCUT2D eigenvalue weighted by Gasteiger charge is -2.30. The number of nitrogens with zero attached hydrogens (tertiary/aromatic N) is 3. The first-order valence-corrected chi connectivity index (χ1v) is 8.49. The minimum absolute atomic E-state index is 0.0510. The summed E-state index contributed by atoms with van der Waals surface area (Å²) in [7, 11) is 3.01. The molecule has 0 atom stereocenters. The molecule has 1 aromatic carbocycles. The monoisotopic (exact) mass is 400 g/mol. The molecule has 1 aliphatic heterocycles. The largest absolute Gasteiger partial charge is 0.497 e. The molecule has 1 fully saturated rings. The van der Waals surface area contributed by atoms with Crippen molar-refractivity contribution in [3.8, 4) is 11.5 Å². The topological polar surface area (TPSA) is 89.7 Å². The molecule has 0 unspecified atom stereocenters. The van der Waals surface area contributed by atoms with Crippen molar-refractivity contribution in [3.63, 3.8) is 0 Å². The van der Waals surface area contributed by atoms with Crippen molar-refractivity contribution in [2.75, 3.05) is 32.6 Å². The summed E-state index contributed by atoms with van der Waals surface area (Å²) in [5.74, 6) is -0.653. The Morgan fingerprint density at radius 2 is 1.75 bits per heavy atom. The molecule has 28 heavy (non-hydrogen) atoms. The van der Waals surface area contributed by atoms with E-state index in [1.165, 1.54) is 14.2 Å². The molecule has 0 aliphatic carbocycles. The molecule has 0 spiro atoms. The van der Waals surface area contributed by atoms with E-state index >= 15 is 0 Å². The normalized spacial score (nSPS) is 15.4. The van der Waals surface area contributed by atoms with Crippen molar-refractivity contribution in [2.45, 2.75) is 24.9 Å². The van der Waals surface area contributed by atoms with Gasteiger partial charge in [0.25, 0.3) is 0 Å². The highest BCUT2D eigenvalue weighted by molar-refractivity contribution is 5.89. The van der Waals surface area contributed by atoms with E-state index in [1.807, 2.05) is 0 Å². The molecule has 1 aromatic heterocycles. The van der Waals surface area contributed by atoms with Gasteiger partial charge in [-0.3, -0.25) is 0 Å². The van der Waals surface area contributed by atoms with Gasteiger partial charge in [0.15, 0.2) is 0 Å². The average Bonchev–Trinajstić information content (AvgIpc) is 3.18. The molecule has 0 saturated carbocycles. The highest BCUT2D eigenvalue weighted by Gasteiger charge is 2.39. The van der Waals surface area contributed by atoms with Gasteiger partial charge in [-0.05, 0) is 12.8 Å². The number of anilines is 1. The fraction of sp³-hybridized carbons (Fsp3) is 0.471. The number of halogens is 3. The second-order valence-corrected chi connectivity index (χ2v) is 6.24. The van der Waals surface area contributed by atoms with Gasteiger partial charge < -0.3 is 24.1 Å². The molecule has 3 rings (SSSR count). The standard InChI is InChI=1S/C17H19F3N4O4/c1-26-12-7-11(8-13(9-12)27-2)21-16(25)24-5-3-10(4-6-24)14-22-23-15(28-14)17(18,19)20/h7-10H,3-6H2,1-2H3,(H,21,25). The van der Waals surface area contributed by atoms with E-state index in [4.69, 9.17) is 13.9 Å². The first-order valence-electron chi connectivity index (χ1n) is 8.49. The minimum atomic E-state index is -4.66. The molecule has 0 bridgehead atoms. The molecule has 152 valence electrons. The summed E-state index contributed by atoms with van der Waals surface area (Å²) in [5.41, 5.74) is 0.509. The Hall–Kier alpha value is -2.98. The van der Waals surface area contributed by atoms with Crippen LogP contribution in [0, 0.1) is 0 Å². The summed E-state index contributed by atoms with van der Waals surface area (Å²) in [4.78, 5) is 14.1. The van der Waals surface area contributed by atoms with Gasteiger partial charge in [0, 0.05) is 42.9 Å². The van der Waals surface area contributed by atoms with Gasteiger partial charge in [0.05, 0.1) is 14.2 Å². The SMILES string of the molecule is COc1cc(NC(=O)N2CCC(c3nnc(C(F)(F)F)o3)CC2)cc(OC)c1. The summed E-state index contributed by atoms with van der Waals surface area (Å²) in [6, 6.07) is 4.67. The number of likely N-dealkylation sites (tertiary alicyclic amines) is 1. The number of amides is 2. The fourth-order valence-electron chi connectivity index (χ4n) is 2.93.